The maximum Gasteiger partial charge on any atom is 0.251 e. The predicted octanol–water partition coefficient (Wildman–Crippen LogP) is 0.714. The zero-order chi connectivity index (χ0) is 18.7. The van der Waals surface area contributed by atoms with Gasteiger partial charge >= 0.3 is 0 Å². The van der Waals surface area contributed by atoms with Crippen LogP contribution in [0.1, 0.15) is 55.4 Å². The maximum atomic E-state index is 12.5. The second kappa shape index (κ2) is 7.53. The molecule has 0 unspecified atom stereocenters. The van der Waals surface area contributed by atoms with Gasteiger partial charge in [0.05, 0.1) is 18.6 Å². The van der Waals surface area contributed by atoms with Crippen LogP contribution in [0.5, 0.6) is 0 Å². The molecule has 2 N–H and O–H groups in total. The van der Waals surface area contributed by atoms with Gasteiger partial charge < -0.3 is 10.2 Å². The van der Waals surface area contributed by atoms with Crippen molar-refractivity contribution < 1.29 is 9.69 Å². The molecule has 26 heavy (non-hydrogen) atoms. The van der Waals surface area contributed by atoms with E-state index in [4.69, 9.17) is 0 Å². The van der Waals surface area contributed by atoms with Crippen molar-refractivity contribution in [2.75, 3.05) is 13.1 Å². The van der Waals surface area contributed by atoms with E-state index >= 15 is 0 Å². The highest BCUT2D eigenvalue weighted by atomic mass is 16.1. The molecule has 1 fully saturated rings. The summed E-state index contributed by atoms with van der Waals surface area (Å²) in [5, 5.41) is 15.4. The molecular weight excluding hydrogens is 328 g/mol. The molecule has 7 heteroatoms. The monoisotopic (exact) mass is 357 g/mol. The summed E-state index contributed by atoms with van der Waals surface area (Å²) in [5.41, 5.74) is 1.67. The van der Waals surface area contributed by atoms with Gasteiger partial charge in [0.15, 0.2) is 0 Å². The van der Waals surface area contributed by atoms with Crippen molar-refractivity contribution >= 4 is 5.91 Å². The Kier molecular flexibility index (Phi) is 5.36. The number of carbonyl (C=O) groups is 1. The highest BCUT2D eigenvalue weighted by Gasteiger charge is 2.27. The number of nitrogens with zero attached hydrogens (tertiary/aromatic N) is 4. The maximum absolute atomic E-state index is 12.5. The smallest absolute Gasteiger partial charge is 0.251 e. The van der Waals surface area contributed by atoms with Gasteiger partial charge in [-0.1, -0.05) is 18.2 Å². The molecule has 0 saturated carbocycles. The molecule has 7 nitrogen and oxygen atoms in total. The molecule has 2 aromatic rings. The lowest BCUT2D eigenvalue weighted by atomic mass is 10.0. The molecular formula is C19H29N6O+. The first-order valence-corrected chi connectivity index (χ1v) is 9.32. The van der Waals surface area contributed by atoms with Crippen molar-refractivity contribution in [1.82, 2.24) is 25.5 Å². The minimum Gasteiger partial charge on any atom is -0.349 e. The normalized spacial score (nSPS) is 20.8. The van der Waals surface area contributed by atoms with Crippen LogP contribution in [-0.2, 0) is 12.1 Å². The third-order valence-electron chi connectivity index (χ3n) is 5.00. The Morgan fingerprint density at radius 1 is 1.27 bits per heavy atom. The lowest BCUT2D eigenvalue weighted by Crippen LogP contribution is -3.12. The van der Waals surface area contributed by atoms with Crippen molar-refractivity contribution in [1.29, 1.82) is 0 Å². The highest BCUT2D eigenvalue weighted by Crippen LogP contribution is 2.13. The van der Waals surface area contributed by atoms with Crippen LogP contribution in [0.25, 0.3) is 0 Å². The van der Waals surface area contributed by atoms with Crippen LogP contribution in [0.4, 0.5) is 0 Å². The number of nitrogens with one attached hydrogen (secondary N) is 2. The summed E-state index contributed by atoms with van der Waals surface area (Å²) >= 11 is 0. The number of hydrogen-bond acceptors (Lipinski definition) is 4. The van der Waals surface area contributed by atoms with Crippen LogP contribution >= 0.6 is 0 Å². The molecule has 2 heterocycles. The van der Waals surface area contributed by atoms with Gasteiger partial charge in [-0.05, 0) is 49.8 Å². The summed E-state index contributed by atoms with van der Waals surface area (Å²) in [4.78, 5) is 13.9. The van der Waals surface area contributed by atoms with E-state index in [1.54, 1.807) is 0 Å². The average Bonchev–Trinajstić information content (AvgIpc) is 3.05. The number of hydrogen-bond donors (Lipinski definition) is 2. The third-order valence-corrected chi connectivity index (χ3v) is 5.00. The van der Waals surface area contributed by atoms with E-state index in [-0.39, 0.29) is 17.5 Å². The predicted molar refractivity (Wildman–Crippen MR) is 98.9 cm³/mol. The molecule has 0 aliphatic carbocycles. The number of piperidine rings is 1. The van der Waals surface area contributed by atoms with Crippen LogP contribution in [0, 0.1) is 6.92 Å². The van der Waals surface area contributed by atoms with Crippen molar-refractivity contribution in [2.24, 2.45) is 0 Å². The summed E-state index contributed by atoms with van der Waals surface area (Å²) in [5.74, 6) is 0.961. The fraction of sp³-hybridized carbons (Fsp3) is 0.579. The summed E-state index contributed by atoms with van der Waals surface area (Å²) in [6.07, 6.45) is 1.95. The van der Waals surface area contributed by atoms with E-state index in [1.165, 1.54) is 4.90 Å². The number of aromatic nitrogens is 4. The first-order valence-electron chi connectivity index (χ1n) is 9.32. The Bertz CT molecular complexity index is 755. The van der Waals surface area contributed by atoms with Gasteiger partial charge in [-0.15, -0.1) is 5.10 Å². The number of benzene rings is 1. The van der Waals surface area contributed by atoms with Gasteiger partial charge in [-0.25, -0.2) is 4.68 Å². The van der Waals surface area contributed by atoms with Gasteiger partial charge in [0.1, 0.15) is 6.54 Å². The Hall–Kier alpha value is -2.28. The van der Waals surface area contributed by atoms with E-state index in [9.17, 15) is 4.79 Å². The van der Waals surface area contributed by atoms with E-state index in [2.05, 4.69) is 41.6 Å². The van der Waals surface area contributed by atoms with Crippen LogP contribution in [-0.4, -0.2) is 45.2 Å². The Balaban J connectivity index is 1.53. The summed E-state index contributed by atoms with van der Waals surface area (Å²) in [6.45, 7) is 11.1. The molecule has 1 aliphatic heterocycles. The molecule has 0 bridgehead atoms. The quantitative estimate of drug-likeness (QED) is 0.845. The first kappa shape index (κ1) is 18.5. The minimum atomic E-state index is -0.113. The standard InChI is InChI=1S/C19H28N6O/c1-14-7-5-6-8-16(14)18(26)20-15-9-11-24(12-10-15)13-17-21-22-23-25(17)19(2,3)4/h5-8,15H,9-13H2,1-4H3,(H,20,26)/p+1. The number of amides is 1. The SMILES string of the molecule is Cc1ccccc1C(=O)NC1CC[NH+](Cc2nnnn2C(C)(C)C)CC1. The molecule has 0 atom stereocenters. The molecule has 1 saturated heterocycles. The van der Waals surface area contributed by atoms with Gasteiger partial charge in [0, 0.05) is 24.4 Å². The number of rotatable bonds is 4. The third kappa shape index (κ3) is 4.27. The number of tetrazole rings is 1. The summed E-state index contributed by atoms with van der Waals surface area (Å²) in [6, 6.07) is 7.97. The Morgan fingerprint density at radius 2 is 1.96 bits per heavy atom. The largest absolute Gasteiger partial charge is 0.349 e. The van der Waals surface area contributed by atoms with Crippen molar-refractivity contribution in [3.05, 3.63) is 41.2 Å². The molecule has 140 valence electrons. The molecule has 0 radical (unpaired) electrons. The number of likely N-dealkylation sites (tertiary alicyclic amines) is 1. The molecule has 1 aliphatic rings. The van der Waals surface area contributed by atoms with Crippen LogP contribution in [0.15, 0.2) is 24.3 Å². The van der Waals surface area contributed by atoms with Gasteiger partial charge in [0.2, 0.25) is 5.82 Å². The van der Waals surface area contributed by atoms with Gasteiger partial charge in [0.25, 0.3) is 5.91 Å². The molecule has 1 aromatic carbocycles. The van der Waals surface area contributed by atoms with E-state index < -0.39 is 0 Å². The van der Waals surface area contributed by atoms with Crippen LogP contribution in [0.3, 0.4) is 0 Å². The lowest BCUT2D eigenvalue weighted by molar-refractivity contribution is -0.919. The zero-order valence-corrected chi connectivity index (χ0v) is 16.1. The fourth-order valence-corrected chi connectivity index (χ4v) is 3.50. The van der Waals surface area contributed by atoms with Crippen LogP contribution < -0.4 is 10.2 Å². The van der Waals surface area contributed by atoms with Crippen molar-refractivity contribution in [3.63, 3.8) is 0 Å². The second-order valence-electron chi connectivity index (χ2n) is 8.17. The van der Waals surface area contributed by atoms with Crippen molar-refractivity contribution in [2.45, 2.75) is 58.7 Å². The minimum absolute atomic E-state index is 0.0354. The number of carbonyl (C=O) groups excluding carboxylic acids is 1. The zero-order valence-electron chi connectivity index (χ0n) is 16.1. The van der Waals surface area contributed by atoms with E-state index in [0.717, 1.165) is 49.4 Å². The average molecular weight is 357 g/mol. The number of aryl methyl sites for hydroxylation is 1. The Labute approximate surface area is 154 Å². The van der Waals surface area contributed by atoms with Crippen molar-refractivity contribution in [3.8, 4) is 0 Å². The van der Waals surface area contributed by atoms with Gasteiger partial charge in [-0.3, -0.25) is 4.79 Å². The molecule has 1 aromatic heterocycles. The van der Waals surface area contributed by atoms with Crippen LogP contribution in [0.2, 0.25) is 0 Å². The highest BCUT2D eigenvalue weighted by molar-refractivity contribution is 5.95. The number of quaternary nitrogens is 1. The van der Waals surface area contributed by atoms with Gasteiger partial charge in [-0.2, -0.15) is 0 Å². The lowest BCUT2D eigenvalue weighted by Gasteiger charge is -2.30. The topological polar surface area (TPSA) is 77.1 Å². The second-order valence-corrected chi connectivity index (χ2v) is 8.17. The van der Waals surface area contributed by atoms with E-state index in [1.807, 2.05) is 35.9 Å². The molecule has 1 amide bonds. The summed E-state index contributed by atoms with van der Waals surface area (Å²) in [7, 11) is 0. The molecule has 3 rings (SSSR count). The fourth-order valence-electron chi connectivity index (χ4n) is 3.50. The Morgan fingerprint density at radius 3 is 2.62 bits per heavy atom. The first-order chi connectivity index (χ1) is 12.3. The summed E-state index contributed by atoms with van der Waals surface area (Å²) < 4.78 is 1.91. The van der Waals surface area contributed by atoms with E-state index in [0.29, 0.717) is 0 Å². The molecule has 0 spiro atoms.